The SMILES string of the molecule is COc1ccc(Nc2ncccc2C(N)=S)cn1. The highest BCUT2D eigenvalue weighted by Gasteiger charge is 2.06. The van der Waals surface area contributed by atoms with Crippen LogP contribution < -0.4 is 15.8 Å². The van der Waals surface area contributed by atoms with Crippen LogP contribution >= 0.6 is 12.2 Å². The third-order valence-electron chi connectivity index (χ3n) is 2.28. The number of nitrogens with one attached hydrogen (secondary N) is 1. The molecule has 0 bridgehead atoms. The van der Waals surface area contributed by atoms with Crippen LogP contribution in [-0.4, -0.2) is 22.1 Å². The summed E-state index contributed by atoms with van der Waals surface area (Å²) in [5, 5.41) is 3.11. The molecule has 0 radical (unpaired) electrons. The minimum Gasteiger partial charge on any atom is -0.481 e. The van der Waals surface area contributed by atoms with Crippen molar-refractivity contribution in [3.8, 4) is 5.88 Å². The molecule has 0 aromatic carbocycles. The number of pyridine rings is 2. The maximum Gasteiger partial charge on any atom is 0.213 e. The van der Waals surface area contributed by atoms with Gasteiger partial charge in [0.15, 0.2) is 0 Å². The topological polar surface area (TPSA) is 73.1 Å². The van der Waals surface area contributed by atoms with E-state index in [2.05, 4.69) is 15.3 Å². The number of methoxy groups -OCH3 is 1. The van der Waals surface area contributed by atoms with Gasteiger partial charge in [0.05, 0.1) is 24.6 Å². The van der Waals surface area contributed by atoms with Crippen LogP contribution in [0, 0.1) is 0 Å². The van der Waals surface area contributed by atoms with Crippen LogP contribution in [0.2, 0.25) is 0 Å². The first-order chi connectivity index (χ1) is 8.70. The van der Waals surface area contributed by atoms with Crippen LogP contribution in [0.4, 0.5) is 11.5 Å². The van der Waals surface area contributed by atoms with E-state index in [1.807, 2.05) is 12.1 Å². The normalized spacial score (nSPS) is 9.83. The molecular weight excluding hydrogens is 248 g/mol. The lowest BCUT2D eigenvalue weighted by atomic mass is 10.2. The highest BCUT2D eigenvalue weighted by Crippen LogP contribution is 2.19. The summed E-state index contributed by atoms with van der Waals surface area (Å²) in [6, 6.07) is 7.19. The molecular formula is C12H12N4OS. The number of aromatic nitrogens is 2. The van der Waals surface area contributed by atoms with E-state index in [9.17, 15) is 0 Å². The fourth-order valence-electron chi connectivity index (χ4n) is 1.42. The largest absolute Gasteiger partial charge is 0.481 e. The van der Waals surface area contributed by atoms with Crippen LogP contribution in [-0.2, 0) is 0 Å². The molecule has 0 spiro atoms. The first-order valence-electron chi connectivity index (χ1n) is 5.22. The molecule has 92 valence electrons. The quantitative estimate of drug-likeness (QED) is 0.817. The molecule has 2 aromatic rings. The predicted octanol–water partition coefficient (Wildman–Crippen LogP) is 1.86. The standard InChI is InChI=1S/C12H12N4OS/c1-17-10-5-4-8(7-15-10)16-12-9(11(13)18)3-2-6-14-12/h2-7H,1H3,(H2,13,18)(H,14,16). The van der Waals surface area contributed by atoms with Crippen molar-refractivity contribution in [1.82, 2.24) is 9.97 Å². The molecule has 0 fully saturated rings. The van der Waals surface area contributed by atoms with Gasteiger partial charge in [0.1, 0.15) is 10.8 Å². The Kier molecular flexibility index (Phi) is 3.69. The second kappa shape index (κ2) is 5.42. The van der Waals surface area contributed by atoms with Crippen molar-refractivity contribution in [1.29, 1.82) is 0 Å². The number of nitrogens with zero attached hydrogens (tertiary/aromatic N) is 2. The van der Waals surface area contributed by atoms with E-state index in [0.29, 0.717) is 22.2 Å². The maximum absolute atomic E-state index is 5.63. The maximum atomic E-state index is 5.63. The summed E-state index contributed by atoms with van der Waals surface area (Å²) in [4.78, 5) is 8.59. The Morgan fingerprint density at radius 2 is 2.17 bits per heavy atom. The molecule has 18 heavy (non-hydrogen) atoms. The molecule has 0 aliphatic carbocycles. The third-order valence-corrected chi connectivity index (χ3v) is 2.50. The minimum atomic E-state index is 0.298. The van der Waals surface area contributed by atoms with E-state index in [0.717, 1.165) is 5.69 Å². The van der Waals surface area contributed by atoms with Crippen molar-refractivity contribution in [2.45, 2.75) is 0 Å². The van der Waals surface area contributed by atoms with Crippen LogP contribution in [0.1, 0.15) is 5.56 Å². The Labute approximate surface area is 110 Å². The number of rotatable bonds is 4. The van der Waals surface area contributed by atoms with Crippen molar-refractivity contribution in [2.75, 3.05) is 12.4 Å². The first kappa shape index (κ1) is 12.3. The molecule has 0 atom stereocenters. The van der Waals surface area contributed by atoms with Crippen molar-refractivity contribution >= 4 is 28.7 Å². The molecule has 6 heteroatoms. The number of thiocarbonyl (C=S) groups is 1. The molecule has 2 aromatic heterocycles. The Morgan fingerprint density at radius 1 is 1.33 bits per heavy atom. The lowest BCUT2D eigenvalue weighted by Crippen LogP contribution is -2.12. The lowest BCUT2D eigenvalue weighted by molar-refractivity contribution is 0.398. The molecule has 0 amide bonds. The molecule has 0 aliphatic heterocycles. The third kappa shape index (κ3) is 2.72. The van der Waals surface area contributed by atoms with E-state index in [1.54, 1.807) is 31.6 Å². The summed E-state index contributed by atoms with van der Waals surface area (Å²) in [5.74, 6) is 1.16. The minimum absolute atomic E-state index is 0.298. The molecule has 0 saturated heterocycles. The van der Waals surface area contributed by atoms with E-state index < -0.39 is 0 Å². The molecule has 0 aliphatic rings. The van der Waals surface area contributed by atoms with Crippen LogP contribution in [0.25, 0.3) is 0 Å². The Bertz CT molecular complexity index is 556. The smallest absolute Gasteiger partial charge is 0.213 e. The summed E-state index contributed by atoms with van der Waals surface area (Å²) in [6.07, 6.45) is 3.32. The van der Waals surface area contributed by atoms with Gasteiger partial charge < -0.3 is 15.8 Å². The van der Waals surface area contributed by atoms with Gasteiger partial charge >= 0.3 is 0 Å². The zero-order valence-corrected chi connectivity index (χ0v) is 10.6. The van der Waals surface area contributed by atoms with Gasteiger partial charge in [-0.1, -0.05) is 12.2 Å². The van der Waals surface area contributed by atoms with Gasteiger partial charge in [-0.3, -0.25) is 0 Å². The average molecular weight is 260 g/mol. The Hall–Kier alpha value is -2.21. The van der Waals surface area contributed by atoms with Crippen molar-refractivity contribution in [3.63, 3.8) is 0 Å². The number of anilines is 2. The fraction of sp³-hybridized carbons (Fsp3) is 0.0833. The number of hydrogen-bond donors (Lipinski definition) is 2. The van der Waals surface area contributed by atoms with E-state index in [4.69, 9.17) is 22.7 Å². The van der Waals surface area contributed by atoms with Gasteiger partial charge in [-0.15, -0.1) is 0 Å². The fourth-order valence-corrected chi connectivity index (χ4v) is 1.58. The van der Waals surface area contributed by atoms with Crippen molar-refractivity contribution in [2.24, 2.45) is 5.73 Å². The highest BCUT2D eigenvalue weighted by atomic mass is 32.1. The Balaban J connectivity index is 2.25. The monoisotopic (exact) mass is 260 g/mol. The van der Waals surface area contributed by atoms with Gasteiger partial charge in [0.25, 0.3) is 0 Å². The van der Waals surface area contributed by atoms with Gasteiger partial charge in [0.2, 0.25) is 5.88 Å². The van der Waals surface area contributed by atoms with Crippen LogP contribution in [0.3, 0.4) is 0 Å². The van der Waals surface area contributed by atoms with Crippen molar-refractivity contribution in [3.05, 3.63) is 42.2 Å². The number of hydrogen-bond acceptors (Lipinski definition) is 5. The molecule has 0 saturated carbocycles. The summed E-state index contributed by atoms with van der Waals surface area (Å²) in [7, 11) is 1.57. The molecule has 5 nitrogen and oxygen atoms in total. The molecule has 2 rings (SSSR count). The van der Waals surface area contributed by atoms with Gasteiger partial charge in [0, 0.05) is 12.3 Å². The number of ether oxygens (including phenoxy) is 1. The molecule has 0 unspecified atom stereocenters. The summed E-state index contributed by atoms with van der Waals surface area (Å²) < 4.78 is 4.99. The second-order valence-corrected chi connectivity index (χ2v) is 3.92. The lowest BCUT2D eigenvalue weighted by Gasteiger charge is -2.09. The summed E-state index contributed by atoms with van der Waals surface area (Å²) >= 11 is 4.97. The highest BCUT2D eigenvalue weighted by molar-refractivity contribution is 7.80. The summed E-state index contributed by atoms with van der Waals surface area (Å²) in [6.45, 7) is 0. The van der Waals surface area contributed by atoms with E-state index in [1.165, 1.54) is 0 Å². The summed E-state index contributed by atoms with van der Waals surface area (Å²) in [5.41, 5.74) is 7.11. The average Bonchev–Trinajstić information content (AvgIpc) is 2.40. The Morgan fingerprint density at radius 3 is 2.78 bits per heavy atom. The first-order valence-corrected chi connectivity index (χ1v) is 5.63. The van der Waals surface area contributed by atoms with Crippen LogP contribution in [0.15, 0.2) is 36.7 Å². The number of nitrogens with two attached hydrogens (primary N) is 1. The van der Waals surface area contributed by atoms with E-state index >= 15 is 0 Å². The van der Waals surface area contributed by atoms with Crippen molar-refractivity contribution < 1.29 is 4.74 Å². The second-order valence-electron chi connectivity index (χ2n) is 3.48. The zero-order valence-electron chi connectivity index (χ0n) is 9.75. The van der Waals surface area contributed by atoms with Gasteiger partial charge in [-0.05, 0) is 18.2 Å². The van der Waals surface area contributed by atoms with E-state index in [-0.39, 0.29) is 0 Å². The van der Waals surface area contributed by atoms with Gasteiger partial charge in [-0.2, -0.15) is 0 Å². The predicted molar refractivity (Wildman–Crippen MR) is 74.2 cm³/mol. The zero-order chi connectivity index (χ0) is 13.0. The van der Waals surface area contributed by atoms with Gasteiger partial charge in [-0.25, -0.2) is 9.97 Å². The van der Waals surface area contributed by atoms with Crippen LogP contribution in [0.5, 0.6) is 5.88 Å². The molecule has 2 heterocycles. The molecule has 3 N–H and O–H groups in total.